The number of aromatic nitrogens is 1. The number of halogens is 1. The van der Waals surface area contributed by atoms with E-state index in [0.717, 1.165) is 24.2 Å². The third-order valence-electron chi connectivity index (χ3n) is 5.63. The Morgan fingerprint density at radius 1 is 1.19 bits per heavy atom. The molecule has 1 aromatic heterocycles. The summed E-state index contributed by atoms with van der Waals surface area (Å²) in [7, 11) is 1.38. The van der Waals surface area contributed by atoms with Gasteiger partial charge in [0.1, 0.15) is 11.9 Å². The second kappa shape index (κ2) is 6.60. The van der Waals surface area contributed by atoms with Crippen LogP contribution in [-0.2, 0) is 14.9 Å². The molecule has 0 radical (unpaired) electrons. The average Bonchev–Trinajstić information content (AvgIpc) is 3.08. The van der Waals surface area contributed by atoms with E-state index >= 15 is 0 Å². The van der Waals surface area contributed by atoms with Crippen LogP contribution in [0, 0.1) is 17.7 Å². The van der Waals surface area contributed by atoms with Gasteiger partial charge in [-0.2, -0.15) is 0 Å². The summed E-state index contributed by atoms with van der Waals surface area (Å²) in [5.74, 6) is 0.900. The molecule has 1 unspecified atom stereocenters. The monoisotopic (exact) mass is 370 g/mol. The number of esters is 1. The van der Waals surface area contributed by atoms with E-state index in [9.17, 15) is 9.18 Å². The second-order valence-electron chi connectivity index (χ2n) is 7.77. The summed E-state index contributed by atoms with van der Waals surface area (Å²) in [4.78, 5) is 16.9. The van der Waals surface area contributed by atoms with Crippen molar-refractivity contribution >= 4 is 5.97 Å². The summed E-state index contributed by atoms with van der Waals surface area (Å²) >= 11 is 0. The number of rotatable bonds is 5. The minimum atomic E-state index is -0.856. The number of piperidine rings is 1. The Balaban J connectivity index is 1.71. The fourth-order valence-corrected chi connectivity index (χ4v) is 3.74. The maximum Gasteiger partial charge on any atom is 0.315 e. The number of benzene rings is 1. The van der Waals surface area contributed by atoms with Gasteiger partial charge in [-0.15, -0.1) is 0 Å². The smallest absolute Gasteiger partial charge is 0.315 e. The van der Waals surface area contributed by atoms with Crippen LogP contribution < -0.4 is 10.1 Å². The lowest BCUT2D eigenvalue weighted by atomic mass is 9.84. The van der Waals surface area contributed by atoms with E-state index in [2.05, 4.69) is 10.3 Å². The molecule has 6 heteroatoms. The number of hydrogen-bond acceptors (Lipinski definition) is 5. The van der Waals surface area contributed by atoms with E-state index < -0.39 is 5.41 Å². The highest BCUT2D eigenvalue weighted by atomic mass is 19.1. The van der Waals surface area contributed by atoms with Gasteiger partial charge in [0.05, 0.1) is 18.2 Å². The number of fused-ring (bicyclic) bond motifs is 1. The molecule has 0 spiro atoms. The molecule has 27 heavy (non-hydrogen) atoms. The predicted octanol–water partition coefficient (Wildman–Crippen LogP) is 2.93. The zero-order valence-corrected chi connectivity index (χ0v) is 15.7. The first kappa shape index (κ1) is 17.9. The first-order chi connectivity index (χ1) is 12.9. The molecule has 2 fully saturated rings. The number of ether oxygens (including phenoxy) is 2. The summed E-state index contributed by atoms with van der Waals surface area (Å²) in [6.07, 6.45) is 0.163. The topological polar surface area (TPSA) is 60.5 Å². The molecular formula is C21H23FN2O3. The molecule has 1 aliphatic heterocycles. The van der Waals surface area contributed by atoms with Gasteiger partial charge in [0.2, 0.25) is 5.88 Å². The van der Waals surface area contributed by atoms with Gasteiger partial charge in [-0.1, -0.05) is 0 Å². The van der Waals surface area contributed by atoms with Gasteiger partial charge < -0.3 is 14.8 Å². The van der Waals surface area contributed by atoms with Crippen molar-refractivity contribution < 1.29 is 18.7 Å². The third kappa shape index (κ3) is 3.30. The second-order valence-corrected chi connectivity index (χ2v) is 7.77. The van der Waals surface area contributed by atoms with Crippen LogP contribution in [0.4, 0.5) is 4.39 Å². The highest BCUT2D eigenvalue weighted by Crippen LogP contribution is 2.45. The van der Waals surface area contributed by atoms with E-state index in [1.54, 1.807) is 12.1 Å². The molecule has 2 heterocycles. The number of methoxy groups -OCH3 is 1. The first-order valence-corrected chi connectivity index (χ1v) is 9.14. The van der Waals surface area contributed by atoms with Crippen molar-refractivity contribution in [2.45, 2.75) is 25.4 Å². The molecule has 4 rings (SSSR count). The van der Waals surface area contributed by atoms with Crippen LogP contribution in [0.3, 0.4) is 0 Å². The van der Waals surface area contributed by atoms with Crippen LogP contribution >= 0.6 is 0 Å². The quantitative estimate of drug-likeness (QED) is 0.820. The minimum absolute atomic E-state index is 0.163. The lowest BCUT2D eigenvalue weighted by Crippen LogP contribution is -2.30. The molecule has 1 saturated heterocycles. The van der Waals surface area contributed by atoms with Crippen molar-refractivity contribution in [2.24, 2.45) is 11.8 Å². The summed E-state index contributed by atoms with van der Waals surface area (Å²) in [5.41, 5.74) is 1.30. The molecule has 1 N–H and O–H groups in total. The lowest BCUT2D eigenvalue weighted by Gasteiger charge is -2.23. The van der Waals surface area contributed by atoms with Gasteiger partial charge in [-0.3, -0.25) is 4.79 Å². The zero-order chi connectivity index (χ0) is 19.2. The van der Waals surface area contributed by atoms with Gasteiger partial charge in [0, 0.05) is 36.6 Å². The standard InChI is InChI=1S/C21H23FN2O3/c1-21(2,20(25)26-3)13-8-17(12-4-6-14(22)7-5-12)24-18(9-13)27-19-15-10-23-11-16(15)19/h4-9,15-16,19,23H,10-11H2,1-3H3/t15-,16+,19?. The van der Waals surface area contributed by atoms with Gasteiger partial charge >= 0.3 is 5.97 Å². The number of carbonyl (C=O) groups excluding carboxylic acids is 1. The molecule has 0 bridgehead atoms. The molecular weight excluding hydrogens is 347 g/mol. The Kier molecular flexibility index (Phi) is 4.38. The lowest BCUT2D eigenvalue weighted by molar-refractivity contribution is -0.146. The largest absolute Gasteiger partial charge is 0.474 e. The fraction of sp³-hybridized carbons (Fsp3) is 0.429. The predicted molar refractivity (Wildman–Crippen MR) is 98.9 cm³/mol. The van der Waals surface area contributed by atoms with Crippen LogP contribution in [0.1, 0.15) is 19.4 Å². The van der Waals surface area contributed by atoms with Crippen molar-refractivity contribution in [3.8, 4) is 17.1 Å². The van der Waals surface area contributed by atoms with Gasteiger partial charge in [0.25, 0.3) is 0 Å². The molecule has 1 aliphatic carbocycles. The minimum Gasteiger partial charge on any atom is -0.474 e. The SMILES string of the molecule is COC(=O)C(C)(C)c1cc(OC2[C@H]3CNC[C@@H]23)nc(-c2ccc(F)cc2)c1. The average molecular weight is 370 g/mol. The molecule has 5 nitrogen and oxygen atoms in total. The Morgan fingerprint density at radius 2 is 1.85 bits per heavy atom. The van der Waals surface area contributed by atoms with Crippen molar-refractivity contribution in [3.63, 3.8) is 0 Å². The molecule has 142 valence electrons. The zero-order valence-electron chi connectivity index (χ0n) is 15.7. The van der Waals surface area contributed by atoms with Gasteiger partial charge in [-0.25, -0.2) is 9.37 Å². The van der Waals surface area contributed by atoms with E-state index in [1.165, 1.54) is 19.2 Å². The molecule has 2 aromatic rings. The van der Waals surface area contributed by atoms with Crippen molar-refractivity contribution in [3.05, 3.63) is 47.8 Å². The third-order valence-corrected chi connectivity index (χ3v) is 5.63. The van der Waals surface area contributed by atoms with E-state index in [1.807, 2.05) is 26.0 Å². The number of nitrogens with zero attached hydrogens (tertiary/aromatic N) is 1. The number of nitrogens with one attached hydrogen (secondary N) is 1. The Morgan fingerprint density at radius 3 is 2.48 bits per heavy atom. The molecule has 2 aliphatic rings. The molecule has 1 aromatic carbocycles. The van der Waals surface area contributed by atoms with Crippen LogP contribution in [0.25, 0.3) is 11.3 Å². The fourth-order valence-electron chi connectivity index (χ4n) is 3.74. The highest BCUT2D eigenvalue weighted by molar-refractivity contribution is 5.82. The Labute approximate surface area is 157 Å². The van der Waals surface area contributed by atoms with Crippen LogP contribution in [0.5, 0.6) is 5.88 Å². The van der Waals surface area contributed by atoms with Gasteiger partial charge in [-0.05, 0) is 49.7 Å². The summed E-state index contributed by atoms with van der Waals surface area (Å²) in [6.45, 7) is 5.55. The van der Waals surface area contributed by atoms with Crippen LogP contribution in [0.2, 0.25) is 0 Å². The van der Waals surface area contributed by atoms with E-state index in [4.69, 9.17) is 9.47 Å². The first-order valence-electron chi connectivity index (χ1n) is 9.14. The van der Waals surface area contributed by atoms with E-state index in [-0.39, 0.29) is 17.9 Å². The maximum absolute atomic E-state index is 13.3. The van der Waals surface area contributed by atoms with Crippen LogP contribution in [0.15, 0.2) is 36.4 Å². The van der Waals surface area contributed by atoms with Crippen molar-refractivity contribution in [1.29, 1.82) is 0 Å². The number of hydrogen-bond donors (Lipinski definition) is 1. The summed E-state index contributed by atoms with van der Waals surface area (Å²) < 4.78 is 24.4. The van der Waals surface area contributed by atoms with Gasteiger partial charge in [0.15, 0.2) is 0 Å². The number of pyridine rings is 1. The van der Waals surface area contributed by atoms with Crippen molar-refractivity contribution in [2.75, 3.05) is 20.2 Å². The highest BCUT2D eigenvalue weighted by Gasteiger charge is 2.55. The van der Waals surface area contributed by atoms with Crippen molar-refractivity contribution in [1.82, 2.24) is 10.3 Å². The molecule has 3 atom stereocenters. The summed E-state index contributed by atoms with van der Waals surface area (Å²) in [6, 6.07) is 9.79. The Hall–Kier alpha value is -2.47. The number of carbonyl (C=O) groups is 1. The Bertz CT molecular complexity index is 856. The summed E-state index contributed by atoms with van der Waals surface area (Å²) in [5, 5.41) is 3.34. The maximum atomic E-state index is 13.3. The van der Waals surface area contributed by atoms with Crippen LogP contribution in [-0.4, -0.2) is 37.3 Å². The normalized spacial score (nSPS) is 23.6. The molecule has 1 saturated carbocycles. The molecule has 0 amide bonds. The van der Waals surface area contributed by atoms with E-state index in [0.29, 0.717) is 23.4 Å².